The van der Waals surface area contributed by atoms with Gasteiger partial charge in [0.1, 0.15) is 29.7 Å². The second-order valence-electron chi connectivity index (χ2n) is 5.07. The number of anilines is 2. The maximum atomic E-state index is 12.5. The highest BCUT2D eigenvalue weighted by Crippen LogP contribution is 2.22. The average Bonchev–Trinajstić information content (AvgIpc) is 2.68. The maximum Gasteiger partial charge on any atom is 0.261 e. The van der Waals surface area contributed by atoms with Gasteiger partial charge in [0.15, 0.2) is 5.57 Å². The minimum absolute atomic E-state index is 0.000790. The van der Waals surface area contributed by atoms with Crippen molar-refractivity contribution in [1.29, 1.82) is 15.8 Å². The molecule has 134 valence electrons. The summed E-state index contributed by atoms with van der Waals surface area (Å²) in [6, 6.07) is 16.9. The molecule has 0 aliphatic heterocycles. The fourth-order valence-electron chi connectivity index (χ4n) is 2.05. The zero-order valence-electron chi connectivity index (χ0n) is 14.1. The molecular weight excluding hydrogens is 366 g/mol. The predicted octanol–water partition coefficient (Wildman–Crippen LogP) is 2.73. The number of hydrogen-bond donors (Lipinski definition) is 2. The van der Waals surface area contributed by atoms with E-state index in [9.17, 15) is 8.42 Å². The lowest BCUT2D eigenvalue weighted by atomic mass is 10.2. The van der Waals surface area contributed by atoms with Crippen LogP contribution in [0.2, 0.25) is 0 Å². The molecule has 0 spiro atoms. The monoisotopic (exact) mass is 379 g/mol. The molecule has 0 heterocycles. The Morgan fingerprint density at radius 2 is 1.63 bits per heavy atom. The molecule has 2 N–H and O–H groups in total. The van der Waals surface area contributed by atoms with Crippen molar-refractivity contribution >= 4 is 21.4 Å². The van der Waals surface area contributed by atoms with Gasteiger partial charge in [-0.3, -0.25) is 4.72 Å². The van der Waals surface area contributed by atoms with Crippen LogP contribution in [0.4, 0.5) is 11.4 Å². The molecule has 0 amide bonds. The van der Waals surface area contributed by atoms with E-state index in [0.29, 0.717) is 17.1 Å². The molecule has 0 radical (unpaired) electrons. The van der Waals surface area contributed by atoms with Crippen molar-refractivity contribution in [2.75, 3.05) is 17.1 Å². The van der Waals surface area contributed by atoms with Crippen LogP contribution in [0.15, 0.2) is 64.7 Å². The SMILES string of the molecule is COc1cccc(NS(=O)(=O)c2ccc(NC(C#N)=C(C#N)C#N)cc2)c1. The summed E-state index contributed by atoms with van der Waals surface area (Å²) in [7, 11) is -2.35. The molecule has 0 aliphatic rings. The molecule has 27 heavy (non-hydrogen) atoms. The molecule has 0 bridgehead atoms. The number of benzene rings is 2. The van der Waals surface area contributed by atoms with Gasteiger partial charge in [-0.25, -0.2) is 8.42 Å². The molecule has 0 aromatic heterocycles. The number of rotatable bonds is 6. The number of hydrogen-bond acceptors (Lipinski definition) is 7. The highest BCUT2D eigenvalue weighted by Gasteiger charge is 2.15. The standard InChI is InChI=1S/C18H13N5O3S/c1-26-16-4-2-3-15(9-16)23-27(24,25)17-7-5-14(6-8-17)22-18(12-21)13(10-19)11-20/h2-9,22-23H,1H3. The third-order valence-corrected chi connectivity index (χ3v) is 4.74. The van der Waals surface area contributed by atoms with E-state index < -0.39 is 10.0 Å². The van der Waals surface area contributed by atoms with Crippen molar-refractivity contribution in [3.63, 3.8) is 0 Å². The van der Waals surface area contributed by atoms with Crippen molar-refractivity contribution in [3.8, 4) is 24.0 Å². The predicted molar refractivity (Wildman–Crippen MR) is 97.7 cm³/mol. The number of nitrogens with one attached hydrogen (secondary N) is 2. The van der Waals surface area contributed by atoms with Crippen molar-refractivity contribution in [1.82, 2.24) is 0 Å². The quantitative estimate of drug-likeness (QED) is 0.736. The van der Waals surface area contributed by atoms with E-state index >= 15 is 0 Å². The summed E-state index contributed by atoms with van der Waals surface area (Å²) in [4.78, 5) is -0.000790. The van der Waals surface area contributed by atoms with E-state index in [0.717, 1.165) is 0 Å². The molecule has 0 saturated heterocycles. The molecule has 0 unspecified atom stereocenters. The topological polar surface area (TPSA) is 139 Å². The van der Waals surface area contributed by atoms with E-state index in [-0.39, 0.29) is 16.2 Å². The Morgan fingerprint density at radius 1 is 0.963 bits per heavy atom. The third kappa shape index (κ3) is 4.76. The molecule has 0 aliphatic carbocycles. The van der Waals surface area contributed by atoms with Crippen LogP contribution in [0.3, 0.4) is 0 Å². The van der Waals surface area contributed by atoms with Crippen molar-refractivity contribution in [3.05, 3.63) is 59.8 Å². The van der Waals surface area contributed by atoms with Gasteiger partial charge in [0, 0.05) is 11.8 Å². The largest absolute Gasteiger partial charge is 0.497 e. The van der Waals surface area contributed by atoms with E-state index in [4.69, 9.17) is 20.5 Å². The zero-order valence-corrected chi connectivity index (χ0v) is 14.9. The van der Waals surface area contributed by atoms with Crippen LogP contribution in [0.5, 0.6) is 5.75 Å². The van der Waals surface area contributed by atoms with Gasteiger partial charge < -0.3 is 10.1 Å². The number of nitrogens with zero attached hydrogens (tertiary/aromatic N) is 3. The van der Waals surface area contributed by atoms with Gasteiger partial charge >= 0.3 is 0 Å². The fraction of sp³-hybridized carbons (Fsp3) is 0.0556. The molecular formula is C18H13N5O3S. The number of ether oxygens (including phenoxy) is 1. The van der Waals surface area contributed by atoms with Crippen molar-refractivity contribution in [2.24, 2.45) is 0 Å². The minimum atomic E-state index is -3.83. The second-order valence-corrected chi connectivity index (χ2v) is 6.75. The van der Waals surface area contributed by atoms with Crippen LogP contribution in [-0.4, -0.2) is 15.5 Å². The summed E-state index contributed by atoms with van der Waals surface area (Å²) in [6.45, 7) is 0. The van der Waals surface area contributed by atoms with Crippen molar-refractivity contribution < 1.29 is 13.2 Å². The lowest BCUT2D eigenvalue weighted by Crippen LogP contribution is -2.13. The summed E-state index contributed by atoms with van der Waals surface area (Å²) in [6.07, 6.45) is 0. The summed E-state index contributed by atoms with van der Waals surface area (Å²) in [5.74, 6) is 0.511. The lowest BCUT2D eigenvalue weighted by molar-refractivity contribution is 0.415. The van der Waals surface area contributed by atoms with E-state index in [1.54, 1.807) is 42.5 Å². The number of methoxy groups -OCH3 is 1. The summed E-state index contributed by atoms with van der Waals surface area (Å²) < 4.78 is 32.4. The Balaban J connectivity index is 2.23. The highest BCUT2D eigenvalue weighted by atomic mass is 32.2. The smallest absolute Gasteiger partial charge is 0.261 e. The maximum absolute atomic E-state index is 12.5. The first-order valence-electron chi connectivity index (χ1n) is 7.42. The first-order chi connectivity index (χ1) is 12.9. The van der Waals surface area contributed by atoms with Gasteiger partial charge in [-0.2, -0.15) is 15.8 Å². The van der Waals surface area contributed by atoms with Crippen LogP contribution >= 0.6 is 0 Å². The normalized spacial score (nSPS) is 9.85. The van der Waals surface area contributed by atoms with E-state index in [1.165, 1.54) is 31.4 Å². The second kappa shape index (κ2) is 8.39. The average molecular weight is 379 g/mol. The Labute approximate surface area is 156 Å². The Morgan fingerprint density at radius 3 is 2.19 bits per heavy atom. The zero-order chi connectivity index (χ0) is 19.9. The summed E-state index contributed by atoms with van der Waals surface area (Å²) in [5, 5.41) is 29.3. The third-order valence-electron chi connectivity index (χ3n) is 3.34. The summed E-state index contributed by atoms with van der Waals surface area (Å²) >= 11 is 0. The van der Waals surface area contributed by atoms with Crippen LogP contribution in [-0.2, 0) is 10.0 Å². The highest BCUT2D eigenvalue weighted by molar-refractivity contribution is 7.92. The molecule has 0 atom stereocenters. The van der Waals surface area contributed by atoms with Crippen molar-refractivity contribution in [2.45, 2.75) is 4.90 Å². The fourth-order valence-corrected chi connectivity index (χ4v) is 3.10. The number of sulfonamides is 1. The number of nitriles is 3. The Hall–Kier alpha value is -4.00. The Kier molecular flexibility index (Phi) is 6.01. The number of allylic oxidation sites excluding steroid dienone is 2. The van der Waals surface area contributed by atoms with Gasteiger partial charge in [0.05, 0.1) is 17.7 Å². The van der Waals surface area contributed by atoms with Crippen LogP contribution in [0.25, 0.3) is 0 Å². The first kappa shape index (κ1) is 19.3. The molecule has 0 saturated carbocycles. The van der Waals surface area contributed by atoms with Gasteiger partial charge in [0.2, 0.25) is 0 Å². The molecule has 8 nitrogen and oxygen atoms in total. The van der Waals surface area contributed by atoms with Gasteiger partial charge in [-0.1, -0.05) is 6.07 Å². The molecule has 2 aromatic rings. The van der Waals surface area contributed by atoms with Crippen LogP contribution in [0, 0.1) is 34.0 Å². The Bertz CT molecular complexity index is 1090. The van der Waals surface area contributed by atoms with Crippen LogP contribution in [0.1, 0.15) is 0 Å². The lowest BCUT2D eigenvalue weighted by Gasteiger charge is -2.10. The molecule has 2 aromatic carbocycles. The summed E-state index contributed by atoms with van der Waals surface area (Å²) in [5.41, 5.74) is 0.118. The minimum Gasteiger partial charge on any atom is -0.497 e. The van der Waals surface area contributed by atoms with Gasteiger partial charge in [-0.15, -0.1) is 0 Å². The van der Waals surface area contributed by atoms with Crippen LogP contribution < -0.4 is 14.8 Å². The molecule has 9 heteroatoms. The van der Waals surface area contributed by atoms with Gasteiger partial charge in [-0.05, 0) is 36.4 Å². The van der Waals surface area contributed by atoms with Gasteiger partial charge in [0.25, 0.3) is 10.0 Å². The van der Waals surface area contributed by atoms with E-state index in [1.807, 2.05) is 0 Å². The molecule has 0 fully saturated rings. The molecule has 2 rings (SSSR count). The van der Waals surface area contributed by atoms with E-state index in [2.05, 4.69) is 10.0 Å². The first-order valence-corrected chi connectivity index (χ1v) is 8.90.